The van der Waals surface area contributed by atoms with Crippen LogP contribution in [0.15, 0.2) is 83.8 Å². The van der Waals surface area contributed by atoms with Gasteiger partial charge < -0.3 is 15.0 Å². The average Bonchev–Trinajstić information content (AvgIpc) is 2.92. The zero-order chi connectivity index (χ0) is 28.6. The largest absolute Gasteiger partial charge is 0.495 e. The van der Waals surface area contributed by atoms with E-state index in [1.807, 2.05) is 51.1 Å². The van der Waals surface area contributed by atoms with Crippen molar-refractivity contribution in [3.63, 3.8) is 0 Å². The number of hydrogen-bond donors (Lipinski definition) is 1. The Hall–Kier alpha value is -3.56. The van der Waals surface area contributed by atoms with Gasteiger partial charge >= 0.3 is 0 Å². The zero-order valence-corrected chi connectivity index (χ0v) is 24.1. The first-order valence-electron chi connectivity index (χ1n) is 12.6. The third-order valence-corrected chi connectivity index (χ3v) is 8.13. The van der Waals surface area contributed by atoms with Gasteiger partial charge in [0.1, 0.15) is 18.3 Å². The van der Waals surface area contributed by atoms with Gasteiger partial charge in [-0.3, -0.25) is 13.9 Å². The van der Waals surface area contributed by atoms with Gasteiger partial charge in [0, 0.05) is 12.6 Å². The second-order valence-electron chi connectivity index (χ2n) is 9.24. The minimum atomic E-state index is -4.18. The molecule has 3 rings (SSSR count). The van der Waals surface area contributed by atoms with Gasteiger partial charge in [-0.05, 0) is 56.2 Å². The maximum atomic E-state index is 14.0. The lowest BCUT2D eigenvalue weighted by molar-refractivity contribution is -0.140. The Balaban J connectivity index is 2.07. The predicted molar refractivity (Wildman–Crippen MR) is 153 cm³/mol. The molecule has 10 heteroatoms. The average molecular weight is 572 g/mol. The van der Waals surface area contributed by atoms with Crippen molar-refractivity contribution in [1.82, 2.24) is 10.2 Å². The molecule has 8 nitrogen and oxygen atoms in total. The molecular weight excluding hydrogens is 538 g/mol. The molecule has 0 aliphatic carbocycles. The van der Waals surface area contributed by atoms with Crippen LogP contribution in [0, 0.1) is 0 Å². The lowest BCUT2D eigenvalue weighted by Gasteiger charge is -2.33. The normalized spacial score (nSPS) is 12.1. The highest BCUT2D eigenvalue weighted by Gasteiger charge is 2.34. The minimum Gasteiger partial charge on any atom is -0.495 e. The highest BCUT2D eigenvalue weighted by atomic mass is 35.5. The summed E-state index contributed by atoms with van der Waals surface area (Å²) in [6.45, 7) is 5.09. The molecule has 0 saturated heterocycles. The summed E-state index contributed by atoms with van der Waals surface area (Å²) in [6.07, 6.45) is 0.344. The summed E-state index contributed by atoms with van der Waals surface area (Å²) in [5, 5.41) is 3.07. The van der Waals surface area contributed by atoms with Gasteiger partial charge in [-0.1, -0.05) is 67.1 Å². The van der Waals surface area contributed by atoms with E-state index in [0.717, 1.165) is 9.87 Å². The molecule has 0 bridgehead atoms. The number of hydrogen-bond acceptors (Lipinski definition) is 5. The lowest BCUT2D eigenvalue weighted by Crippen LogP contribution is -2.53. The quantitative estimate of drug-likeness (QED) is 0.334. The number of carbonyl (C=O) groups is 2. The van der Waals surface area contributed by atoms with E-state index in [0.29, 0.717) is 12.2 Å². The van der Waals surface area contributed by atoms with Crippen LogP contribution in [0.25, 0.3) is 0 Å². The summed E-state index contributed by atoms with van der Waals surface area (Å²) in [4.78, 5) is 28.6. The van der Waals surface area contributed by atoms with Gasteiger partial charge in [0.05, 0.1) is 22.7 Å². The first-order chi connectivity index (χ1) is 18.6. The van der Waals surface area contributed by atoms with Crippen molar-refractivity contribution in [2.75, 3.05) is 18.0 Å². The summed E-state index contributed by atoms with van der Waals surface area (Å²) in [7, 11) is -2.72. The molecule has 1 N–H and O–H groups in total. The highest BCUT2D eigenvalue weighted by Crippen LogP contribution is 2.32. The van der Waals surface area contributed by atoms with Crippen molar-refractivity contribution < 1.29 is 22.7 Å². The molecule has 0 aliphatic rings. The van der Waals surface area contributed by atoms with E-state index in [2.05, 4.69) is 5.32 Å². The van der Waals surface area contributed by atoms with Crippen LogP contribution >= 0.6 is 11.6 Å². The number of carbonyl (C=O) groups excluding carboxylic acids is 2. The number of benzene rings is 3. The standard InChI is InChI=1S/C29H34ClN3O5S/c1-5-26(29(35)31-21(2)3)32(19-22-12-8-6-9-13-22)28(34)20-33(23-16-17-27(38-4)25(30)18-23)39(36,37)24-14-10-7-11-15-24/h6-18,21,26H,5,19-20H2,1-4H3,(H,31,35)/t26-/m0/s1. The van der Waals surface area contributed by atoms with Crippen LogP contribution in [0.1, 0.15) is 32.8 Å². The third-order valence-electron chi connectivity index (χ3n) is 6.05. The van der Waals surface area contributed by atoms with E-state index in [1.54, 1.807) is 24.3 Å². The first kappa shape index (κ1) is 30.0. The number of ether oxygens (including phenoxy) is 1. The predicted octanol–water partition coefficient (Wildman–Crippen LogP) is 4.88. The number of rotatable bonds is 12. The van der Waals surface area contributed by atoms with E-state index in [1.165, 1.54) is 36.3 Å². The highest BCUT2D eigenvalue weighted by molar-refractivity contribution is 7.92. The third kappa shape index (κ3) is 7.52. The van der Waals surface area contributed by atoms with Gasteiger partial charge in [-0.15, -0.1) is 0 Å². The Labute approximate surface area is 235 Å². The van der Waals surface area contributed by atoms with E-state index in [9.17, 15) is 18.0 Å². The molecule has 1 atom stereocenters. The Bertz CT molecular complexity index is 1370. The number of halogens is 1. The Morgan fingerprint density at radius 2 is 1.59 bits per heavy atom. The van der Waals surface area contributed by atoms with Gasteiger partial charge in [0.2, 0.25) is 11.8 Å². The van der Waals surface area contributed by atoms with Crippen LogP contribution in [0.2, 0.25) is 5.02 Å². The maximum Gasteiger partial charge on any atom is 0.264 e. The summed E-state index contributed by atoms with van der Waals surface area (Å²) >= 11 is 6.34. The smallest absolute Gasteiger partial charge is 0.264 e. The molecule has 39 heavy (non-hydrogen) atoms. The van der Waals surface area contributed by atoms with E-state index in [-0.39, 0.29) is 34.1 Å². The maximum absolute atomic E-state index is 14.0. The van der Waals surface area contributed by atoms with Crippen molar-refractivity contribution in [2.24, 2.45) is 0 Å². The van der Waals surface area contributed by atoms with Crippen molar-refractivity contribution in [3.05, 3.63) is 89.4 Å². The number of nitrogens with zero attached hydrogens (tertiary/aromatic N) is 2. The molecular formula is C29H34ClN3O5S. The van der Waals surface area contributed by atoms with Crippen molar-refractivity contribution in [3.8, 4) is 5.75 Å². The molecule has 0 unspecified atom stereocenters. The van der Waals surface area contributed by atoms with Crippen LogP contribution < -0.4 is 14.4 Å². The van der Waals surface area contributed by atoms with Crippen molar-refractivity contribution in [2.45, 2.75) is 50.7 Å². The fourth-order valence-electron chi connectivity index (χ4n) is 4.14. The molecule has 0 spiro atoms. The van der Waals surface area contributed by atoms with Gasteiger partial charge in [0.25, 0.3) is 10.0 Å². The summed E-state index contributed by atoms with van der Waals surface area (Å²) in [6, 6.07) is 20.7. The SMILES string of the molecule is CC[C@@H](C(=O)NC(C)C)N(Cc1ccccc1)C(=O)CN(c1ccc(OC)c(Cl)c1)S(=O)(=O)c1ccccc1. The van der Waals surface area contributed by atoms with Crippen LogP contribution in [-0.4, -0.2) is 50.9 Å². The monoisotopic (exact) mass is 571 g/mol. The number of amides is 2. The zero-order valence-electron chi connectivity index (χ0n) is 22.5. The van der Waals surface area contributed by atoms with E-state index >= 15 is 0 Å². The molecule has 0 fully saturated rings. The summed E-state index contributed by atoms with van der Waals surface area (Å²) < 4.78 is 33.9. The van der Waals surface area contributed by atoms with Crippen LogP contribution in [0.4, 0.5) is 5.69 Å². The molecule has 0 aromatic heterocycles. The summed E-state index contributed by atoms with van der Waals surface area (Å²) in [5.74, 6) is -0.469. The van der Waals surface area contributed by atoms with Crippen molar-refractivity contribution >= 4 is 39.1 Å². The molecule has 208 valence electrons. The van der Waals surface area contributed by atoms with Crippen LogP contribution in [-0.2, 0) is 26.2 Å². The molecule has 0 radical (unpaired) electrons. The molecule has 0 heterocycles. The van der Waals surface area contributed by atoms with Gasteiger partial charge in [-0.25, -0.2) is 8.42 Å². The van der Waals surface area contributed by atoms with Crippen molar-refractivity contribution in [1.29, 1.82) is 0 Å². The van der Waals surface area contributed by atoms with Gasteiger partial charge in [0.15, 0.2) is 0 Å². The van der Waals surface area contributed by atoms with E-state index in [4.69, 9.17) is 16.3 Å². The number of nitrogens with one attached hydrogen (secondary N) is 1. The lowest BCUT2D eigenvalue weighted by atomic mass is 10.1. The Kier molecular flexibility index (Phi) is 10.4. The first-order valence-corrected chi connectivity index (χ1v) is 14.4. The molecule has 0 aliphatic heterocycles. The van der Waals surface area contributed by atoms with Crippen LogP contribution in [0.5, 0.6) is 5.75 Å². The number of methoxy groups -OCH3 is 1. The number of anilines is 1. The second-order valence-corrected chi connectivity index (χ2v) is 11.5. The Morgan fingerprint density at radius 1 is 0.974 bits per heavy atom. The molecule has 3 aromatic rings. The molecule has 3 aromatic carbocycles. The minimum absolute atomic E-state index is 0.0175. The fraction of sp³-hybridized carbons (Fsp3) is 0.310. The Morgan fingerprint density at radius 3 is 2.13 bits per heavy atom. The van der Waals surface area contributed by atoms with Crippen LogP contribution in [0.3, 0.4) is 0 Å². The summed E-state index contributed by atoms with van der Waals surface area (Å²) in [5.41, 5.74) is 1.00. The number of sulfonamides is 1. The molecule has 0 saturated carbocycles. The fourth-order valence-corrected chi connectivity index (χ4v) is 5.82. The topological polar surface area (TPSA) is 96.0 Å². The molecule has 2 amide bonds. The van der Waals surface area contributed by atoms with E-state index < -0.39 is 28.5 Å². The second kappa shape index (κ2) is 13.5. The van der Waals surface area contributed by atoms with Gasteiger partial charge in [-0.2, -0.15) is 0 Å².